The van der Waals surface area contributed by atoms with Crippen molar-refractivity contribution in [3.8, 4) is 28.7 Å². The van der Waals surface area contributed by atoms with Crippen molar-refractivity contribution in [3.63, 3.8) is 0 Å². The van der Waals surface area contributed by atoms with Gasteiger partial charge in [-0.3, -0.25) is 4.79 Å². The predicted molar refractivity (Wildman–Crippen MR) is 131 cm³/mol. The van der Waals surface area contributed by atoms with Crippen LogP contribution in [-0.4, -0.2) is 44.6 Å². The van der Waals surface area contributed by atoms with Gasteiger partial charge in [0.25, 0.3) is 5.95 Å². The summed E-state index contributed by atoms with van der Waals surface area (Å²) in [6.07, 6.45) is 3.55. The lowest BCUT2D eigenvalue weighted by atomic mass is 9.85. The summed E-state index contributed by atoms with van der Waals surface area (Å²) in [5, 5.41) is 16.0. The standard InChI is InChI=1S/C26H24N6O3/c1-4-12-35-22-11-6-5-10-19(22)20-14-23(33)29-25-24(20)16(2)31-32(25)26-28-21(15-27-30-26)17-8-7-9-18(13-17)34-3/h4-11,13,15,20H,1,12,14H2,2-3H3,(H,29,33)/t20-/m1/s1. The smallest absolute Gasteiger partial charge is 0.272 e. The molecule has 1 aliphatic rings. The van der Waals surface area contributed by atoms with E-state index in [2.05, 4.69) is 32.2 Å². The molecule has 0 aliphatic carbocycles. The SMILES string of the molecule is C=CCOc1ccccc1[C@H]1CC(=O)Nc2c1c(C)nn2-c1nncc(-c2cccc(OC)c2)n1. The molecular formula is C26H24N6O3. The fraction of sp³-hybridized carbons (Fsp3) is 0.192. The van der Waals surface area contributed by atoms with E-state index in [0.29, 0.717) is 29.6 Å². The lowest BCUT2D eigenvalue weighted by Crippen LogP contribution is -2.25. The van der Waals surface area contributed by atoms with Crippen LogP contribution in [0.1, 0.15) is 29.2 Å². The fourth-order valence-corrected chi connectivity index (χ4v) is 4.31. The van der Waals surface area contributed by atoms with Crippen molar-refractivity contribution in [2.24, 2.45) is 0 Å². The first-order chi connectivity index (χ1) is 17.1. The minimum absolute atomic E-state index is 0.126. The van der Waals surface area contributed by atoms with Gasteiger partial charge in [-0.1, -0.05) is 43.0 Å². The van der Waals surface area contributed by atoms with Crippen LogP contribution in [0.25, 0.3) is 17.2 Å². The van der Waals surface area contributed by atoms with E-state index >= 15 is 0 Å². The lowest BCUT2D eigenvalue weighted by molar-refractivity contribution is -0.116. The van der Waals surface area contributed by atoms with Gasteiger partial charge in [-0.05, 0) is 25.1 Å². The second-order valence-electron chi connectivity index (χ2n) is 8.08. The number of methoxy groups -OCH3 is 1. The molecule has 1 amide bonds. The fourth-order valence-electron chi connectivity index (χ4n) is 4.31. The highest BCUT2D eigenvalue weighted by Crippen LogP contribution is 2.42. The average molecular weight is 469 g/mol. The number of carbonyl (C=O) groups is 1. The normalized spacial score (nSPS) is 14.7. The van der Waals surface area contributed by atoms with Crippen LogP contribution in [0.5, 0.6) is 11.5 Å². The Kier molecular flexibility index (Phi) is 5.97. The number of hydrogen-bond acceptors (Lipinski definition) is 7. The Morgan fingerprint density at radius 3 is 2.91 bits per heavy atom. The summed E-state index contributed by atoms with van der Waals surface area (Å²) in [7, 11) is 1.61. The zero-order valence-electron chi connectivity index (χ0n) is 19.4. The van der Waals surface area contributed by atoms with Gasteiger partial charge < -0.3 is 14.8 Å². The van der Waals surface area contributed by atoms with Crippen molar-refractivity contribution in [3.05, 3.63) is 84.2 Å². The number of amides is 1. The van der Waals surface area contributed by atoms with Crippen LogP contribution >= 0.6 is 0 Å². The third-order valence-corrected chi connectivity index (χ3v) is 5.86. The number of nitrogens with one attached hydrogen (secondary N) is 1. The summed E-state index contributed by atoms with van der Waals surface area (Å²) in [5.74, 6) is 1.85. The molecule has 0 bridgehead atoms. The van der Waals surface area contributed by atoms with Crippen LogP contribution in [0, 0.1) is 6.92 Å². The molecule has 1 atom stereocenters. The van der Waals surface area contributed by atoms with Crippen LogP contribution in [0.15, 0.2) is 67.4 Å². The van der Waals surface area contributed by atoms with Crippen molar-refractivity contribution < 1.29 is 14.3 Å². The van der Waals surface area contributed by atoms with Crippen LogP contribution in [0.2, 0.25) is 0 Å². The molecule has 0 unspecified atom stereocenters. The third kappa shape index (κ3) is 4.23. The monoisotopic (exact) mass is 468 g/mol. The average Bonchev–Trinajstić information content (AvgIpc) is 3.23. The molecule has 9 nitrogen and oxygen atoms in total. The molecular weight excluding hydrogens is 444 g/mol. The van der Waals surface area contributed by atoms with Crippen molar-refractivity contribution in [2.75, 3.05) is 19.0 Å². The Morgan fingerprint density at radius 1 is 1.23 bits per heavy atom. The number of nitrogens with zero attached hydrogens (tertiary/aromatic N) is 5. The molecule has 35 heavy (non-hydrogen) atoms. The predicted octanol–water partition coefficient (Wildman–Crippen LogP) is 4.08. The van der Waals surface area contributed by atoms with Crippen molar-refractivity contribution in [1.29, 1.82) is 0 Å². The second kappa shape index (κ2) is 9.38. The molecule has 1 aliphatic heterocycles. The topological polar surface area (TPSA) is 104 Å². The lowest BCUT2D eigenvalue weighted by Gasteiger charge is -2.25. The molecule has 4 aromatic rings. The highest BCUT2D eigenvalue weighted by Gasteiger charge is 2.34. The van der Waals surface area contributed by atoms with Crippen LogP contribution < -0.4 is 14.8 Å². The second-order valence-corrected chi connectivity index (χ2v) is 8.08. The molecule has 1 N–H and O–H groups in total. The van der Waals surface area contributed by atoms with E-state index in [9.17, 15) is 4.79 Å². The van der Waals surface area contributed by atoms with E-state index in [1.165, 1.54) is 0 Å². The van der Waals surface area contributed by atoms with Gasteiger partial charge in [-0.25, -0.2) is 4.98 Å². The Balaban J connectivity index is 1.59. The van der Waals surface area contributed by atoms with Gasteiger partial charge in [0.2, 0.25) is 5.91 Å². The number of carbonyl (C=O) groups excluding carboxylic acids is 1. The number of anilines is 1. The Hall–Kier alpha value is -4.53. The van der Waals surface area contributed by atoms with Gasteiger partial charge in [0.15, 0.2) is 0 Å². The Morgan fingerprint density at radius 2 is 2.09 bits per heavy atom. The summed E-state index contributed by atoms with van der Waals surface area (Å²) >= 11 is 0. The third-order valence-electron chi connectivity index (χ3n) is 5.86. The highest BCUT2D eigenvalue weighted by molar-refractivity contribution is 5.95. The summed E-state index contributed by atoms with van der Waals surface area (Å²) < 4.78 is 12.7. The molecule has 0 fully saturated rings. The molecule has 0 radical (unpaired) electrons. The minimum atomic E-state index is -0.233. The molecule has 0 saturated carbocycles. The molecule has 176 valence electrons. The van der Waals surface area contributed by atoms with Gasteiger partial charge >= 0.3 is 0 Å². The molecule has 2 aromatic carbocycles. The summed E-state index contributed by atoms with van der Waals surface area (Å²) in [6.45, 7) is 6.01. The molecule has 3 heterocycles. The number of aryl methyl sites for hydroxylation is 1. The van der Waals surface area contributed by atoms with Crippen LogP contribution in [0.3, 0.4) is 0 Å². The number of ether oxygens (including phenoxy) is 2. The van der Waals surface area contributed by atoms with Crippen molar-refractivity contribution in [2.45, 2.75) is 19.3 Å². The van der Waals surface area contributed by atoms with Crippen molar-refractivity contribution >= 4 is 11.7 Å². The Labute approximate surface area is 202 Å². The maximum Gasteiger partial charge on any atom is 0.272 e. The van der Waals surface area contributed by atoms with Crippen LogP contribution in [-0.2, 0) is 4.79 Å². The highest BCUT2D eigenvalue weighted by atomic mass is 16.5. The number of rotatable bonds is 7. The molecule has 9 heteroatoms. The van der Waals surface area contributed by atoms with Gasteiger partial charge in [0, 0.05) is 29.0 Å². The number of hydrogen-bond donors (Lipinski definition) is 1. The number of para-hydroxylation sites is 1. The quantitative estimate of drug-likeness (QED) is 0.408. The number of aromatic nitrogens is 5. The first-order valence-electron chi connectivity index (χ1n) is 11.2. The molecule has 5 rings (SSSR count). The van der Waals surface area contributed by atoms with E-state index in [1.807, 2.05) is 55.5 Å². The Bertz CT molecular complexity index is 1410. The number of fused-ring (bicyclic) bond motifs is 1. The van der Waals surface area contributed by atoms with Crippen LogP contribution in [0.4, 0.5) is 5.82 Å². The zero-order valence-corrected chi connectivity index (χ0v) is 19.4. The van der Waals surface area contributed by atoms with Gasteiger partial charge in [0.1, 0.15) is 23.9 Å². The summed E-state index contributed by atoms with van der Waals surface area (Å²) in [6, 6.07) is 15.2. The minimum Gasteiger partial charge on any atom is -0.497 e. The largest absolute Gasteiger partial charge is 0.497 e. The van der Waals surface area contributed by atoms with Gasteiger partial charge in [-0.2, -0.15) is 14.9 Å². The zero-order chi connectivity index (χ0) is 24.4. The van der Waals surface area contributed by atoms with E-state index < -0.39 is 0 Å². The van der Waals surface area contributed by atoms with E-state index in [-0.39, 0.29) is 24.2 Å². The molecule has 0 saturated heterocycles. The maximum absolute atomic E-state index is 12.8. The maximum atomic E-state index is 12.8. The first-order valence-corrected chi connectivity index (χ1v) is 11.2. The van der Waals surface area contributed by atoms with E-state index in [1.54, 1.807) is 24.1 Å². The summed E-state index contributed by atoms with van der Waals surface area (Å²) in [4.78, 5) is 17.5. The number of benzene rings is 2. The first kappa shape index (κ1) is 22.3. The van der Waals surface area contributed by atoms with Gasteiger partial charge in [-0.15, -0.1) is 5.10 Å². The van der Waals surface area contributed by atoms with E-state index in [4.69, 9.17) is 9.47 Å². The molecule has 2 aromatic heterocycles. The van der Waals surface area contributed by atoms with Crippen molar-refractivity contribution in [1.82, 2.24) is 25.0 Å². The van der Waals surface area contributed by atoms with E-state index in [0.717, 1.165) is 22.4 Å². The van der Waals surface area contributed by atoms with Gasteiger partial charge in [0.05, 0.1) is 24.7 Å². The molecule has 0 spiro atoms. The summed E-state index contributed by atoms with van der Waals surface area (Å²) in [5.41, 5.74) is 4.01.